The van der Waals surface area contributed by atoms with Gasteiger partial charge in [-0.2, -0.15) is 5.10 Å². The Labute approximate surface area is 193 Å². The monoisotopic (exact) mass is 446 g/mol. The maximum Gasteiger partial charge on any atom is 0.185 e. The number of phenols is 1. The molecule has 0 amide bonds. The Kier molecular flexibility index (Phi) is 5.17. The average molecular weight is 447 g/mol. The number of nitrogens with one attached hydrogen (secondary N) is 2. The van der Waals surface area contributed by atoms with Gasteiger partial charge in [-0.25, -0.2) is 4.98 Å². The fraction of sp³-hybridized carbons (Fsp3) is 0.455. The first-order valence-electron chi connectivity index (χ1n) is 11.5. The smallest absolute Gasteiger partial charge is 0.185 e. The third-order valence-corrected chi connectivity index (χ3v) is 5.26. The van der Waals surface area contributed by atoms with Gasteiger partial charge in [-0.05, 0) is 58.2 Å². The molecule has 2 aromatic heterocycles. The van der Waals surface area contributed by atoms with Gasteiger partial charge in [0.25, 0.3) is 0 Å². The lowest BCUT2D eigenvalue weighted by Crippen LogP contribution is -2.60. The van der Waals surface area contributed by atoms with E-state index in [4.69, 9.17) is 4.11 Å². The summed E-state index contributed by atoms with van der Waals surface area (Å²) in [4.78, 5) is 4.38. The van der Waals surface area contributed by atoms with Crippen LogP contribution in [0.1, 0.15) is 44.6 Å². The first-order chi connectivity index (χ1) is 15.3. The lowest BCUT2D eigenvalue weighted by molar-refractivity contribution is 0.170. The third-order valence-electron chi connectivity index (χ3n) is 5.26. The van der Waals surface area contributed by atoms with Crippen LogP contribution in [0.2, 0.25) is 0 Å². The minimum absolute atomic E-state index is 0. The van der Waals surface area contributed by atoms with E-state index in [2.05, 4.69) is 58.6 Å². The van der Waals surface area contributed by atoms with E-state index in [-0.39, 0.29) is 35.3 Å². The molecule has 8 nitrogen and oxygen atoms in total. The fourth-order valence-corrected chi connectivity index (χ4v) is 4.47. The zero-order chi connectivity index (χ0) is 24.0. The highest BCUT2D eigenvalue weighted by atomic mass is 35.5. The molecule has 0 unspecified atom stereocenters. The molecule has 0 radical (unpaired) electrons. The summed E-state index contributed by atoms with van der Waals surface area (Å²) in [5.41, 5.74) is 1.67. The largest absolute Gasteiger partial charge is 0.507 e. The number of piperidine rings is 1. The van der Waals surface area contributed by atoms with Crippen LogP contribution in [0.5, 0.6) is 5.75 Å². The van der Waals surface area contributed by atoms with Crippen LogP contribution in [-0.4, -0.2) is 47.2 Å². The van der Waals surface area contributed by atoms with Crippen molar-refractivity contribution in [2.75, 3.05) is 5.32 Å². The Morgan fingerprint density at radius 1 is 1.13 bits per heavy atom. The summed E-state index contributed by atoms with van der Waals surface area (Å²) in [6.45, 7) is 6.41. The number of halogens is 1. The van der Waals surface area contributed by atoms with E-state index in [1.165, 1.54) is 18.5 Å². The molecule has 1 aromatic carbocycles. The molecule has 1 aliphatic heterocycles. The lowest BCUT2D eigenvalue weighted by atomic mass is 9.79. The van der Waals surface area contributed by atoms with Gasteiger partial charge in [0.2, 0.25) is 0 Å². The van der Waals surface area contributed by atoms with Crippen molar-refractivity contribution < 1.29 is 9.22 Å². The second-order valence-electron chi connectivity index (χ2n) is 9.21. The van der Waals surface area contributed by atoms with E-state index < -0.39 is 6.98 Å². The molecular formula is C22H30ClN7O. The molecule has 3 aromatic rings. The van der Waals surface area contributed by atoms with Crippen LogP contribution in [0.15, 0.2) is 36.8 Å². The van der Waals surface area contributed by atoms with Crippen LogP contribution in [0, 0.1) is 0 Å². The molecule has 0 saturated carbocycles. The molecule has 3 heterocycles. The van der Waals surface area contributed by atoms with Gasteiger partial charge in [-0.15, -0.1) is 22.6 Å². The van der Waals surface area contributed by atoms with Gasteiger partial charge in [0, 0.05) is 40.0 Å². The number of nitrogens with zero attached hydrogens (tertiary/aromatic N) is 5. The Morgan fingerprint density at radius 2 is 1.87 bits per heavy atom. The van der Waals surface area contributed by atoms with Crippen molar-refractivity contribution in [2.24, 2.45) is 6.98 Å². The molecule has 0 atom stereocenters. The maximum atomic E-state index is 10.5. The van der Waals surface area contributed by atoms with E-state index in [0.717, 1.165) is 17.5 Å². The van der Waals surface area contributed by atoms with Crippen LogP contribution < -0.4 is 10.6 Å². The van der Waals surface area contributed by atoms with Crippen molar-refractivity contribution in [1.82, 2.24) is 30.3 Å². The fourth-order valence-electron chi connectivity index (χ4n) is 4.47. The quantitative estimate of drug-likeness (QED) is 0.560. The van der Waals surface area contributed by atoms with Gasteiger partial charge >= 0.3 is 0 Å². The summed E-state index contributed by atoms with van der Waals surface area (Å²) >= 11 is 0. The van der Waals surface area contributed by atoms with Gasteiger partial charge in [0.15, 0.2) is 11.6 Å². The highest BCUT2D eigenvalue weighted by Crippen LogP contribution is 2.32. The average Bonchev–Trinajstić information content (AvgIpc) is 3.17. The summed E-state index contributed by atoms with van der Waals surface area (Å²) < 4.78 is 23.2. The van der Waals surface area contributed by atoms with Crippen molar-refractivity contribution >= 4 is 18.2 Å². The van der Waals surface area contributed by atoms with E-state index in [0.29, 0.717) is 28.3 Å². The van der Waals surface area contributed by atoms with Crippen molar-refractivity contribution in [1.29, 1.82) is 0 Å². The van der Waals surface area contributed by atoms with Crippen LogP contribution >= 0.6 is 12.4 Å². The topological polar surface area (TPSA) is 101 Å². The highest BCUT2D eigenvalue weighted by molar-refractivity contribution is 5.85. The predicted octanol–water partition coefficient (Wildman–Crippen LogP) is 3.79. The second kappa shape index (κ2) is 8.43. The number of aryl methyl sites for hydroxylation is 1. The van der Waals surface area contributed by atoms with Crippen molar-refractivity contribution in [3.8, 4) is 28.3 Å². The van der Waals surface area contributed by atoms with Crippen LogP contribution in [0.4, 0.5) is 5.82 Å². The normalized spacial score (nSPS) is 19.5. The zero-order valence-electron chi connectivity index (χ0n) is 21.0. The second-order valence-corrected chi connectivity index (χ2v) is 9.21. The molecule has 9 heteroatoms. The number of anilines is 1. The molecule has 3 N–H and O–H groups in total. The molecule has 1 aliphatic rings. The number of hydrogen-bond donors (Lipinski definition) is 3. The number of rotatable bonds is 4. The number of aromatic hydroxyl groups is 1. The number of phenolic OH excluding ortho intramolecular Hbond substituents is 1. The minimum Gasteiger partial charge on any atom is -0.507 e. The Hall–Kier alpha value is -2.71. The Balaban J connectivity index is 0.00000324. The minimum atomic E-state index is -2.35. The molecule has 31 heavy (non-hydrogen) atoms. The van der Waals surface area contributed by atoms with Crippen LogP contribution in [0.3, 0.4) is 0 Å². The first kappa shape index (κ1) is 19.0. The van der Waals surface area contributed by atoms with E-state index in [1.807, 2.05) is 0 Å². The SMILES string of the molecule is Cl.[2H]C([2H])([2H])n1cc(-c2ccc(-c3ncc(NC4CC(C)(C)NC(C)(C)C4)nn3)c(O)c2)cn1. The highest BCUT2D eigenvalue weighted by Gasteiger charge is 2.37. The van der Waals surface area contributed by atoms with Crippen LogP contribution in [0.25, 0.3) is 22.5 Å². The molecule has 1 saturated heterocycles. The molecule has 4 rings (SSSR count). The van der Waals surface area contributed by atoms with Crippen LogP contribution in [-0.2, 0) is 6.98 Å². The third kappa shape index (κ3) is 5.32. The van der Waals surface area contributed by atoms with Crippen molar-refractivity contribution in [2.45, 2.75) is 57.7 Å². The summed E-state index contributed by atoms with van der Waals surface area (Å²) in [6.07, 6.45) is 6.38. The molecule has 1 fully saturated rings. The van der Waals surface area contributed by atoms with Crippen molar-refractivity contribution in [3.63, 3.8) is 0 Å². The van der Waals surface area contributed by atoms with Gasteiger partial charge in [-0.1, -0.05) is 6.07 Å². The van der Waals surface area contributed by atoms with Gasteiger partial charge in [0.1, 0.15) is 5.75 Å². The summed E-state index contributed by atoms with van der Waals surface area (Å²) in [6, 6.07) is 5.20. The molecule has 0 aliphatic carbocycles. The van der Waals surface area contributed by atoms with E-state index in [1.54, 1.807) is 18.3 Å². The van der Waals surface area contributed by atoms with E-state index >= 15 is 0 Å². The Morgan fingerprint density at radius 3 is 2.45 bits per heavy atom. The predicted molar refractivity (Wildman–Crippen MR) is 124 cm³/mol. The number of benzene rings is 1. The standard InChI is InChI=1S/C22H29N7O.ClH/c1-21(2)9-16(10-22(3,4)28-21)25-19-12-23-20(27-26-19)17-7-6-14(8-18(17)30)15-11-24-29(5)13-15;/h6-8,11-13,16,28,30H,9-10H2,1-5H3,(H,25,26);1H/i5D3;. The zero-order valence-corrected chi connectivity index (χ0v) is 18.9. The lowest BCUT2D eigenvalue weighted by Gasteiger charge is -2.46. The molecule has 0 bridgehead atoms. The first-order valence-corrected chi connectivity index (χ1v) is 9.96. The van der Waals surface area contributed by atoms with Gasteiger partial charge in [0.05, 0.1) is 18.0 Å². The Bertz CT molecular complexity index is 1130. The summed E-state index contributed by atoms with van der Waals surface area (Å²) in [5.74, 6) is 0.859. The van der Waals surface area contributed by atoms with Crippen molar-refractivity contribution in [3.05, 3.63) is 36.8 Å². The summed E-state index contributed by atoms with van der Waals surface area (Å²) in [5, 5.41) is 30.0. The molecule has 0 spiro atoms. The van der Waals surface area contributed by atoms with E-state index in [9.17, 15) is 5.11 Å². The van der Waals surface area contributed by atoms with Gasteiger partial charge < -0.3 is 15.7 Å². The molecule has 166 valence electrons. The maximum absolute atomic E-state index is 10.5. The number of aromatic nitrogens is 5. The molecular weight excluding hydrogens is 414 g/mol. The number of hydrogen-bond acceptors (Lipinski definition) is 7. The van der Waals surface area contributed by atoms with Gasteiger partial charge in [-0.3, -0.25) is 4.68 Å². The summed E-state index contributed by atoms with van der Waals surface area (Å²) in [7, 11) is 0.